The number of guanidine groups is 1. The van der Waals surface area contributed by atoms with Crippen LogP contribution in [0, 0.1) is 5.82 Å². The van der Waals surface area contributed by atoms with Gasteiger partial charge in [0.2, 0.25) is 0 Å². The van der Waals surface area contributed by atoms with Gasteiger partial charge in [0.15, 0.2) is 18.2 Å². The van der Waals surface area contributed by atoms with Crippen molar-refractivity contribution in [2.75, 3.05) is 39.8 Å². The number of aliphatic imine (C=N–C) groups is 1. The third kappa shape index (κ3) is 4.37. The van der Waals surface area contributed by atoms with E-state index in [1.165, 1.54) is 30.2 Å². The monoisotopic (exact) mass is 430 g/mol. The highest BCUT2D eigenvalue weighted by Crippen LogP contribution is 2.28. The van der Waals surface area contributed by atoms with Crippen molar-refractivity contribution in [1.82, 2.24) is 24.9 Å². The van der Waals surface area contributed by atoms with E-state index in [1.807, 2.05) is 4.90 Å². The van der Waals surface area contributed by atoms with E-state index in [2.05, 4.69) is 22.0 Å². The highest BCUT2D eigenvalue weighted by Gasteiger charge is 2.50. The summed E-state index contributed by atoms with van der Waals surface area (Å²) in [6, 6.07) is 5.46. The van der Waals surface area contributed by atoms with Gasteiger partial charge in [-0.2, -0.15) is 0 Å². The maximum absolute atomic E-state index is 14.4. The number of nitrogens with one attached hydrogen (secondary N) is 1. The quantitative estimate of drug-likeness (QED) is 0.696. The minimum absolute atomic E-state index is 0.221. The minimum Gasteiger partial charge on any atom is -0.340 e. The van der Waals surface area contributed by atoms with Gasteiger partial charge in [0.25, 0.3) is 5.91 Å². The van der Waals surface area contributed by atoms with E-state index in [9.17, 15) is 14.0 Å². The first-order chi connectivity index (χ1) is 15.0. The lowest BCUT2D eigenvalue weighted by atomic mass is 10.1. The van der Waals surface area contributed by atoms with Gasteiger partial charge in [-0.05, 0) is 19.0 Å². The van der Waals surface area contributed by atoms with E-state index < -0.39 is 18.2 Å². The Labute approximate surface area is 182 Å². The molecule has 2 unspecified atom stereocenters. The number of amides is 3. The predicted molar refractivity (Wildman–Crippen MR) is 116 cm³/mol. The van der Waals surface area contributed by atoms with E-state index in [0.29, 0.717) is 11.5 Å². The van der Waals surface area contributed by atoms with Crippen LogP contribution in [0.2, 0.25) is 0 Å². The van der Waals surface area contributed by atoms with Crippen LogP contribution in [0.15, 0.2) is 29.3 Å². The van der Waals surface area contributed by atoms with Crippen LogP contribution in [-0.4, -0.2) is 89.5 Å². The topological polar surface area (TPSA) is 71.5 Å². The van der Waals surface area contributed by atoms with Crippen LogP contribution < -0.4 is 5.32 Å². The summed E-state index contributed by atoms with van der Waals surface area (Å²) in [5.41, 5.74) is 0.501. The number of piperazine rings is 1. The van der Waals surface area contributed by atoms with E-state index in [0.717, 1.165) is 32.7 Å². The van der Waals surface area contributed by atoms with Crippen LogP contribution in [0.1, 0.15) is 31.7 Å². The Hall–Kier alpha value is -2.68. The van der Waals surface area contributed by atoms with Crippen molar-refractivity contribution in [3.05, 3.63) is 35.6 Å². The van der Waals surface area contributed by atoms with Gasteiger partial charge in [0, 0.05) is 45.3 Å². The average Bonchev–Trinajstić information content (AvgIpc) is 3.14. The molecule has 3 heterocycles. The van der Waals surface area contributed by atoms with Gasteiger partial charge < -0.3 is 14.7 Å². The van der Waals surface area contributed by atoms with Gasteiger partial charge in [-0.15, -0.1) is 0 Å². The lowest BCUT2D eigenvalue weighted by molar-refractivity contribution is -0.127. The van der Waals surface area contributed by atoms with Gasteiger partial charge in [-0.25, -0.2) is 14.2 Å². The minimum atomic E-state index is -0.667. The standard InChI is InChI=1S/C22H31FN6O2/c1-3-4-7-10-27-11-13-28(14-12-27)21-24-19-18(20(30)25-22(31)26(19)2)29(21)15-16-8-5-6-9-17(16)23/h5-6,8-9,18-19H,3-4,7,10-15H2,1-2H3,(H,25,30,31). The first kappa shape index (κ1) is 21.5. The molecule has 0 aliphatic carbocycles. The van der Waals surface area contributed by atoms with Gasteiger partial charge in [-0.3, -0.25) is 15.0 Å². The number of rotatable bonds is 6. The normalized spacial score (nSPS) is 24.4. The van der Waals surface area contributed by atoms with Crippen molar-refractivity contribution in [1.29, 1.82) is 0 Å². The van der Waals surface area contributed by atoms with Gasteiger partial charge >= 0.3 is 6.03 Å². The molecular formula is C22H31FN6O2. The highest BCUT2D eigenvalue weighted by atomic mass is 19.1. The lowest BCUT2D eigenvalue weighted by Crippen LogP contribution is -2.64. The van der Waals surface area contributed by atoms with Gasteiger partial charge in [0.1, 0.15) is 5.82 Å². The Bertz CT molecular complexity index is 854. The second-order valence-corrected chi connectivity index (χ2v) is 8.45. The molecule has 1 aromatic carbocycles. The molecule has 2 saturated heterocycles. The second kappa shape index (κ2) is 9.21. The van der Waals surface area contributed by atoms with E-state index in [1.54, 1.807) is 25.2 Å². The van der Waals surface area contributed by atoms with Crippen LogP contribution in [0.5, 0.6) is 0 Å². The Morgan fingerprint density at radius 1 is 1.13 bits per heavy atom. The first-order valence-electron chi connectivity index (χ1n) is 11.1. The molecule has 0 saturated carbocycles. The van der Waals surface area contributed by atoms with E-state index >= 15 is 0 Å². The summed E-state index contributed by atoms with van der Waals surface area (Å²) in [6.07, 6.45) is 3.04. The maximum atomic E-state index is 14.4. The number of hydrogen-bond acceptors (Lipinski definition) is 6. The molecule has 1 aromatic rings. The summed E-state index contributed by atoms with van der Waals surface area (Å²) >= 11 is 0. The number of unbranched alkanes of at least 4 members (excludes halogenated alkanes) is 2. The molecule has 4 rings (SSSR count). The molecular weight excluding hydrogens is 399 g/mol. The molecule has 0 radical (unpaired) electrons. The Morgan fingerprint density at radius 2 is 1.87 bits per heavy atom. The molecule has 168 valence electrons. The fourth-order valence-corrected chi connectivity index (χ4v) is 4.51. The van der Waals surface area contributed by atoms with Crippen molar-refractivity contribution in [3.63, 3.8) is 0 Å². The first-order valence-corrected chi connectivity index (χ1v) is 11.1. The number of halogens is 1. The molecule has 1 N–H and O–H groups in total. The number of carbonyl (C=O) groups excluding carboxylic acids is 2. The molecule has 2 atom stereocenters. The molecule has 0 bridgehead atoms. The van der Waals surface area contributed by atoms with Crippen LogP contribution in [-0.2, 0) is 11.3 Å². The summed E-state index contributed by atoms with van der Waals surface area (Å²) < 4.78 is 14.4. The molecule has 31 heavy (non-hydrogen) atoms. The molecule has 3 aliphatic heterocycles. The van der Waals surface area contributed by atoms with Gasteiger partial charge in [-0.1, -0.05) is 38.0 Å². The summed E-state index contributed by atoms with van der Waals surface area (Å²) in [5, 5.41) is 2.40. The fourth-order valence-electron chi connectivity index (χ4n) is 4.51. The highest BCUT2D eigenvalue weighted by molar-refractivity contribution is 6.03. The third-order valence-electron chi connectivity index (χ3n) is 6.37. The van der Waals surface area contributed by atoms with Crippen LogP contribution in [0.4, 0.5) is 9.18 Å². The summed E-state index contributed by atoms with van der Waals surface area (Å²) in [4.78, 5) is 37.6. The number of carbonyl (C=O) groups is 2. The number of hydrogen-bond donors (Lipinski definition) is 1. The number of urea groups is 1. The summed E-state index contributed by atoms with van der Waals surface area (Å²) in [5.74, 6) is -0.0313. The zero-order chi connectivity index (χ0) is 22.0. The zero-order valence-electron chi connectivity index (χ0n) is 18.3. The van der Waals surface area contributed by atoms with Gasteiger partial charge in [0.05, 0.1) is 0 Å². The number of imide groups is 1. The smallest absolute Gasteiger partial charge is 0.325 e. The lowest BCUT2D eigenvalue weighted by Gasteiger charge is -2.40. The molecule has 9 heteroatoms. The van der Waals surface area contributed by atoms with Crippen LogP contribution in [0.25, 0.3) is 0 Å². The van der Waals surface area contributed by atoms with Crippen molar-refractivity contribution in [3.8, 4) is 0 Å². The molecule has 0 spiro atoms. The Morgan fingerprint density at radius 3 is 2.58 bits per heavy atom. The second-order valence-electron chi connectivity index (χ2n) is 8.45. The Balaban J connectivity index is 1.54. The number of fused-ring (bicyclic) bond motifs is 1. The van der Waals surface area contributed by atoms with Crippen LogP contribution in [0.3, 0.4) is 0 Å². The molecule has 2 fully saturated rings. The van der Waals surface area contributed by atoms with Crippen molar-refractivity contribution in [2.24, 2.45) is 4.99 Å². The van der Waals surface area contributed by atoms with Crippen molar-refractivity contribution < 1.29 is 14.0 Å². The van der Waals surface area contributed by atoms with Crippen LogP contribution >= 0.6 is 0 Å². The molecule has 3 amide bonds. The van der Waals surface area contributed by atoms with E-state index in [-0.39, 0.29) is 18.3 Å². The summed E-state index contributed by atoms with van der Waals surface area (Å²) in [6.45, 7) is 6.95. The van der Waals surface area contributed by atoms with Crippen molar-refractivity contribution >= 4 is 17.9 Å². The molecule has 0 aromatic heterocycles. The predicted octanol–water partition coefficient (Wildman–Crippen LogP) is 1.68. The maximum Gasteiger partial charge on any atom is 0.325 e. The molecule has 8 nitrogen and oxygen atoms in total. The third-order valence-corrected chi connectivity index (χ3v) is 6.37. The van der Waals surface area contributed by atoms with Crippen molar-refractivity contribution in [2.45, 2.75) is 44.9 Å². The molecule has 3 aliphatic rings. The summed E-state index contributed by atoms with van der Waals surface area (Å²) in [7, 11) is 1.64. The Kier molecular flexibility index (Phi) is 6.41. The number of nitrogens with zero attached hydrogens (tertiary/aromatic N) is 5. The zero-order valence-corrected chi connectivity index (χ0v) is 18.3. The SMILES string of the molecule is CCCCCN1CCN(C2=NC3C(C(=O)NC(=O)N3C)N2Cc2ccccc2F)CC1. The fraction of sp³-hybridized carbons (Fsp3) is 0.591. The van der Waals surface area contributed by atoms with E-state index in [4.69, 9.17) is 4.99 Å². The number of benzene rings is 1. The number of likely N-dealkylation sites (N-methyl/N-ethyl adjacent to an activating group) is 1. The largest absolute Gasteiger partial charge is 0.340 e. The average molecular weight is 431 g/mol.